The van der Waals surface area contributed by atoms with Gasteiger partial charge in [-0.1, -0.05) is 54.8 Å². The predicted octanol–water partition coefficient (Wildman–Crippen LogP) is 3.92. The molecular formula is C12H17BrO. The van der Waals surface area contributed by atoms with Crippen molar-refractivity contribution in [1.82, 2.24) is 0 Å². The van der Waals surface area contributed by atoms with Crippen LogP contribution in [-0.4, -0.2) is 5.11 Å². The summed E-state index contributed by atoms with van der Waals surface area (Å²) in [7, 11) is 0. The van der Waals surface area contributed by atoms with Crippen molar-refractivity contribution in [3.63, 3.8) is 0 Å². The first-order chi connectivity index (χ1) is 6.69. The Morgan fingerprint density at radius 2 is 1.64 bits per heavy atom. The molecule has 1 aromatic rings. The maximum absolute atomic E-state index is 10.1. The lowest BCUT2D eigenvalue weighted by Crippen LogP contribution is -2.10. The molecule has 0 heterocycles. The van der Waals surface area contributed by atoms with Crippen molar-refractivity contribution in [3.05, 3.63) is 34.3 Å². The van der Waals surface area contributed by atoms with Crippen LogP contribution in [0.1, 0.15) is 38.4 Å². The summed E-state index contributed by atoms with van der Waals surface area (Å²) in [6.45, 7) is 4.24. The lowest BCUT2D eigenvalue weighted by Gasteiger charge is -2.20. The summed E-state index contributed by atoms with van der Waals surface area (Å²) in [5.74, 6) is 0.371. The molecule has 0 amide bonds. The summed E-state index contributed by atoms with van der Waals surface area (Å²) in [6.07, 6.45) is 1.72. The number of aliphatic hydroxyl groups excluding tert-OH is 1. The van der Waals surface area contributed by atoms with E-state index >= 15 is 0 Å². The Morgan fingerprint density at radius 1 is 1.14 bits per heavy atom. The summed E-state index contributed by atoms with van der Waals surface area (Å²) in [4.78, 5) is 0. The summed E-state index contributed by atoms with van der Waals surface area (Å²) in [6, 6.07) is 7.90. The van der Waals surface area contributed by atoms with Crippen LogP contribution >= 0.6 is 15.9 Å². The van der Waals surface area contributed by atoms with Gasteiger partial charge in [-0.2, -0.15) is 0 Å². The fourth-order valence-corrected chi connectivity index (χ4v) is 1.93. The second kappa shape index (κ2) is 5.52. The molecule has 0 fully saturated rings. The normalized spacial score (nSPS) is 13.2. The van der Waals surface area contributed by atoms with Gasteiger partial charge in [-0.3, -0.25) is 0 Å². The van der Waals surface area contributed by atoms with Crippen LogP contribution in [0, 0.1) is 5.92 Å². The lowest BCUT2D eigenvalue weighted by molar-refractivity contribution is 0.103. The molecule has 1 N–H and O–H groups in total. The van der Waals surface area contributed by atoms with Crippen LogP contribution in [0.2, 0.25) is 0 Å². The zero-order valence-corrected chi connectivity index (χ0v) is 10.3. The molecule has 0 radical (unpaired) electrons. The molecule has 0 aliphatic carbocycles. The zero-order valence-electron chi connectivity index (χ0n) is 8.70. The van der Waals surface area contributed by atoms with E-state index < -0.39 is 0 Å². The first kappa shape index (κ1) is 11.7. The Kier molecular flexibility index (Phi) is 4.63. The van der Waals surface area contributed by atoms with Gasteiger partial charge in [0.25, 0.3) is 0 Å². The Bertz CT molecular complexity index is 264. The minimum Gasteiger partial charge on any atom is -0.388 e. The molecule has 1 unspecified atom stereocenters. The molecule has 0 aliphatic rings. The van der Waals surface area contributed by atoms with Crippen LogP contribution in [0.3, 0.4) is 0 Å². The third-order valence-corrected chi connectivity index (χ3v) is 3.24. The monoisotopic (exact) mass is 256 g/mol. The highest BCUT2D eigenvalue weighted by molar-refractivity contribution is 9.10. The van der Waals surface area contributed by atoms with Crippen LogP contribution in [-0.2, 0) is 0 Å². The third-order valence-electron chi connectivity index (χ3n) is 2.71. The largest absolute Gasteiger partial charge is 0.388 e. The first-order valence-electron chi connectivity index (χ1n) is 5.12. The topological polar surface area (TPSA) is 20.2 Å². The molecule has 14 heavy (non-hydrogen) atoms. The smallest absolute Gasteiger partial charge is 0.0818 e. The number of benzene rings is 1. The van der Waals surface area contributed by atoms with Crippen molar-refractivity contribution < 1.29 is 5.11 Å². The van der Waals surface area contributed by atoms with Crippen molar-refractivity contribution in [3.8, 4) is 0 Å². The summed E-state index contributed by atoms with van der Waals surface area (Å²) in [5, 5.41) is 10.1. The van der Waals surface area contributed by atoms with Gasteiger partial charge in [-0.15, -0.1) is 0 Å². The van der Waals surface area contributed by atoms with Gasteiger partial charge >= 0.3 is 0 Å². The Hall–Kier alpha value is -0.340. The van der Waals surface area contributed by atoms with E-state index in [1.807, 2.05) is 24.3 Å². The molecule has 1 nitrogen and oxygen atoms in total. The Balaban J connectivity index is 2.77. The average molecular weight is 257 g/mol. The number of aliphatic hydroxyl groups is 1. The van der Waals surface area contributed by atoms with E-state index in [9.17, 15) is 5.11 Å². The maximum atomic E-state index is 10.1. The minimum absolute atomic E-state index is 0.321. The van der Waals surface area contributed by atoms with Gasteiger partial charge < -0.3 is 5.11 Å². The van der Waals surface area contributed by atoms with Crippen LogP contribution < -0.4 is 0 Å². The Morgan fingerprint density at radius 3 is 2.07 bits per heavy atom. The highest BCUT2D eigenvalue weighted by atomic mass is 79.9. The average Bonchev–Trinajstić information content (AvgIpc) is 2.20. The van der Waals surface area contributed by atoms with E-state index in [1.54, 1.807) is 0 Å². The molecule has 78 valence electrons. The van der Waals surface area contributed by atoms with Crippen molar-refractivity contribution in [1.29, 1.82) is 0 Å². The number of halogens is 1. The predicted molar refractivity (Wildman–Crippen MR) is 63.2 cm³/mol. The van der Waals surface area contributed by atoms with Crippen LogP contribution in [0.15, 0.2) is 28.7 Å². The first-order valence-corrected chi connectivity index (χ1v) is 5.91. The molecule has 1 rings (SSSR count). The van der Waals surface area contributed by atoms with Crippen LogP contribution in [0.5, 0.6) is 0 Å². The van der Waals surface area contributed by atoms with Gasteiger partial charge in [0.2, 0.25) is 0 Å². The van der Waals surface area contributed by atoms with Gasteiger partial charge in [0.05, 0.1) is 6.10 Å². The highest BCUT2D eigenvalue weighted by Crippen LogP contribution is 2.27. The fourth-order valence-electron chi connectivity index (χ4n) is 1.67. The van der Waals surface area contributed by atoms with Crippen molar-refractivity contribution in [2.24, 2.45) is 5.92 Å². The van der Waals surface area contributed by atoms with Gasteiger partial charge in [-0.25, -0.2) is 0 Å². The molecule has 0 saturated heterocycles. The second-order valence-electron chi connectivity index (χ2n) is 3.57. The quantitative estimate of drug-likeness (QED) is 0.866. The van der Waals surface area contributed by atoms with Crippen LogP contribution in [0.25, 0.3) is 0 Å². The van der Waals surface area contributed by atoms with Crippen molar-refractivity contribution in [2.75, 3.05) is 0 Å². The zero-order chi connectivity index (χ0) is 10.6. The minimum atomic E-state index is -0.321. The molecule has 0 bridgehead atoms. The molecule has 0 spiro atoms. The fraction of sp³-hybridized carbons (Fsp3) is 0.500. The van der Waals surface area contributed by atoms with E-state index in [-0.39, 0.29) is 6.10 Å². The van der Waals surface area contributed by atoms with E-state index in [0.717, 1.165) is 22.9 Å². The molecule has 1 aromatic carbocycles. The van der Waals surface area contributed by atoms with Crippen LogP contribution in [0.4, 0.5) is 0 Å². The molecule has 0 saturated carbocycles. The molecule has 1 atom stereocenters. The van der Waals surface area contributed by atoms with Gasteiger partial charge in [0, 0.05) is 4.47 Å². The Labute approximate surface area is 94.3 Å². The summed E-state index contributed by atoms with van der Waals surface area (Å²) < 4.78 is 1.05. The van der Waals surface area contributed by atoms with E-state index in [1.165, 1.54) is 0 Å². The summed E-state index contributed by atoms with van der Waals surface area (Å²) >= 11 is 3.38. The van der Waals surface area contributed by atoms with E-state index in [0.29, 0.717) is 5.92 Å². The van der Waals surface area contributed by atoms with Gasteiger partial charge in [-0.05, 0) is 23.6 Å². The van der Waals surface area contributed by atoms with Crippen molar-refractivity contribution >= 4 is 15.9 Å². The standard InChI is InChI=1S/C12H17BrO/c1-3-9(4-2)12(14)10-5-7-11(13)8-6-10/h5-9,12,14H,3-4H2,1-2H3. The number of hydrogen-bond acceptors (Lipinski definition) is 1. The molecular weight excluding hydrogens is 240 g/mol. The SMILES string of the molecule is CCC(CC)C(O)c1ccc(Br)cc1. The van der Waals surface area contributed by atoms with E-state index in [4.69, 9.17) is 0 Å². The highest BCUT2D eigenvalue weighted by Gasteiger charge is 2.16. The lowest BCUT2D eigenvalue weighted by atomic mass is 9.91. The van der Waals surface area contributed by atoms with Gasteiger partial charge in [0.1, 0.15) is 0 Å². The van der Waals surface area contributed by atoms with E-state index in [2.05, 4.69) is 29.8 Å². The number of rotatable bonds is 4. The van der Waals surface area contributed by atoms with Gasteiger partial charge in [0.15, 0.2) is 0 Å². The maximum Gasteiger partial charge on any atom is 0.0818 e. The molecule has 0 aliphatic heterocycles. The molecule has 0 aromatic heterocycles. The summed E-state index contributed by atoms with van der Waals surface area (Å²) in [5.41, 5.74) is 1.02. The number of hydrogen-bond donors (Lipinski definition) is 1. The van der Waals surface area contributed by atoms with Crippen molar-refractivity contribution in [2.45, 2.75) is 32.8 Å². The molecule has 2 heteroatoms. The second-order valence-corrected chi connectivity index (χ2v) is 4.49. The third kappa shape index (κ3) is 2.82.